The Morgan fingerprint density at radius 3 is 2.77 bits per heavy atom. The zero-order valence-corrected chi connectivity index (χ0v) is 13.3. The second-order valence-corrected chi connectivity index (χ2v) is 5.33. The molecule has 0 bridgehead atoms. The van der Waals surface area contributed by atoms with Crippen LogP contribution in [0.15, 0.2) is 30.3 Å². The first-order valence-corrected chi connectivity index (χ1v) is 7.15. The van der Waals surface area contributed by atoms with Crippen molar-refractivity contribution in [3.05, 3.63) is 47.2 Å². The van der Waals surface area contributed by atoms with Crippen LogP contribution >= 0.6 is 0 Å². The average Bonchev–Trinajstić information content (AvgIpc) is 2.80. The van der Waals surface area contributed by atoms with Crippen LogP contribution in [0.25, 0.3) is 11.0 Å². The highest BCUT2D eigenvalue weighted by molar-refractivity contribution is 5.82. The lowest BCUT2D eigenvalue weighted by atomic mass is 10.2. The Morgan fingerprint density at radius 1 is 1.18 bits per heavy atom. The Hall–Kier alpha value is -2.56. The minimum absolute atomic E-state index is 0.450. The number of rotatable bonds is 4. The molecule has 0 aliphatic carbocycles. The fourth-order valence-electron chi connectivity index (χ4n) is 2.62. The van der Waals surface area contributed by atoms with Gasteiger partial charge >= 0.3 is 0 Å². The average molecular weight is 297 g/mol. The Labute approximate surface area is 129 Å². The molecule has 0 atom stereocenters. The van der Waals surface area contributed by atoms with Gasteiger partial charge in [0.05, 0.1) is 12.8 Å². The van der Waals surface area contributed by atoms with E-state index in [9.17, 15) is 0 Å². The molecule has 0 N–H and O–H groups in total. The number of aromatic nitrogens is 3. The van der Waals surface area contributed by atoms with Crippen LogP contribution in [0.1, 0.15) is 16.8 Å². The number of ether oxygens (including phenoxy) is 2. The standard InChI is InChI=1S/C17H19N3O2/c1-11-8-15(18-17-16(11)12(2)19-20(17)3)22-10-13-6-5-7-14(9-13)21-4/h5-9H,10H2,1-4H3. The van der Waals surface area contributed by atoms with Crippen molar-refractivity contribution in [1.29, 1.82) is 0 Å². The summed E-state index contributed by atoms with van der Waals surface area (Å²) in [6, 6.07) is 9.78. The Morgan fingerprint density at radius 2 is 2.00 bits per heavy atom. The van der Waals surface area contributed by atoms with Gasteiger partial charge in [-0.15, -0.1) is 0 Å². The summed E-state index contributed by atoms with van der Waals surface area (Å²) < 4.78 is 12.8. The number of hydrogen-bond donors (Lipinski definition) is 0. The lowest BCUT2D eigenvalue weighted by Gasteiger charge is -2.08. The maximum Gasteiger partial charge on any atom is 0.215 e. The van der Waals surface area contributed by atoms with Crippen LogP contribution in [0.5, 0.6) is 11.6 Å². The molecule has 0 saturated heterocycles. The summed E-state index contributed by atoms with van der Waals surface area (Å²) in [6.07, 6.45) is 0. The monoisotopic (exact) mass is 297 g/mol. The zero-order chi connectivity index (χ0) is 15.7. The fourth-order valence-corrected chi connectivity index (χ4v) is 2.62. The Bertz CT molecular complexity index is 824. The summed E-state index contributed by atoms with van der Waals surface area (Å²) in [5.41, 5.74) is 4.00. The van der Waals surface area contributed by atoms with Gasteiger partial charge in [-0.05, 0) is 37.1 Å². The summed E-state index contributed by atoms with van der Waals surface area (Å²) >= 11 is 0. The van der Waals surface area contributed by atoms with E-state index in [-0.39, 0.29) is 0 Å². The van der Waals surface area contributed by atoms with E-state index in [1.54, 1.807) is 11.8 Å². The number of benzene rings is 1. The first kappa shape index (κ1) is 14.4. The Kier molecular flexibility index (Phi) is 3.71. The van der Waals surface area contributed by atoms with Gasteiger partial charge in [-0.2, -0.15) is 10.1 Å². The van der Waals surface area contributed by atoms with Crippen LogP contribution in [0, 0.1) is 13.8 Å². The highest BCUT2D eigenvalue weighted by Crippen LogP contribution is 2.24. The predicted octanol–water partition coefficient (Wildman–Crippen LogP) is 3.17. The van der Waals surface area contributed by atoms with Gasteiger partial charge in [0.25, 0.3) is 0 Å². The summed E-state index contributed by atoms with van der Waals surface area (Å²) in [6.45, 7) is 4.50. The first-order chi connectivity index (χ1) is 10.6. The molecule has 2 heterocycles. The van der Waals surface area contributed by atoms with E-state index in [0.29, 0.717) is 12.5 Å². The SMILES string of the molecule is COc1cccc(COc2cc(C)c3c(C)nn(C)c3n2)c1. The third-order valence-electron chi connectivity index (χ3n) is 3.66. The van der Waals surface area contributed by atoms with Gasteiger partial charge < -0.3 is 9.47 Å². The van der Waals surface area contributed by atoms with Crippen LogP contribution in [-0.4, -0.2) is 21.9 Å². The molecule has 3 rings (SSSR count). The molecular weight excluding hydrogens is 278 g/mol. The first-order valence-electron chi connectivity index (χ1n) is 7.15. The summed E-state index contributed by atoms with van der Waals surface area (Å²) in [4.78, 5) is 4.56. The number of nitrogens with zero attached hydrogens (tertiary/aromatic N) is 3. The molecule has 0 aliphatic heterocycles. The molecule has 0 spiro atoms. The number of aryl methyl sites for hydroxylation is 3. The molecule has 0 fully saturated rings. The van der Waals surface area contributed by atoms with E-state index >= 15 is 0 Å². The van der Waals surface area contributed by atoms with E-state index in [4.69, 9.17) is 9.47 Å². The highest BCUT2D eigenvalue weighted by atomic mass is 16.5. The summed E-state index contributed by atoms with van der Waals surface area (Å²) in [5.74, 6) is 1.43. The molecule has 2 aromatic heterocycles. The van der Waals surface area contributed by atoms with Crippen molar-refractivity contribution in [2.75, 3.05) is 7.11 Å². The third-order valence-corrected chi connectivity index (χ3v) is 3.66. The van der Waals surface area contributed by atoms with Gasteiger partial charge in [-0.25, -0.2) is 0 Å². The molecular formula is C17H19N3O2. The third kappa shape index (κ3) is 2.62. The van der Waals surface area contributed by atoms with Crippen molar-refractivity contribution in [2.45, 2.75) is 20.5 Å². The lowest BCUT2D eigenvalue weighted by Crippen LogP contribution is -2.00. The number of fused-ring (bicyclic) bond motifs is 1. The van der Waals surface area contributed by atoms with E-state index < -0.39 is 0 Å². The second kappa shape index (κ2) is 5.67. The normalized spacial score (nSPS) is 10.9. The number of methoxy groups -OCH3 is 1. The maximum absolute atomic E-state index is 5.84. The highest BCUT2D eigenvalue weighted by Gasteiger charge is 2.11. The molecule has 22 heavy (non-hydrogen) atoms. The van der Waals surface area contributed by atoms with Crippen LogP contribution < -0.4 is 9.47 Å². The van der Waals surface area contributed by atoms with Crippen LogP contribution in [-0.2, 0) is 13.7 Å². The molecule has 0 aliphatic rings. The summed E-state index contributed by atoms with van der Waals surface area (Å²) in [5, 5.41) is 5.51. The van der Waals surface area contributed by atoms with Gasteiger partial charge in [0.1, 0.15) is 12.4 Å². The second-order valence-electron chi connectivity index (χ2n) is 5.33. The van der Waals surface area contributed by atoms with Crippen LogP contribution in [0.3, 0.4) is 0 Å². The molecule has 5 heteroatoms. The van der Waals surface area contributed by atoms with Gasteiger partial charge in [0.15, 0.2) is 5.65 Å². The molecule has 1 aromatic carbocycles. The molecule has 0 unspecified atom stereocenters. The maximum atomic E-state index is 5.84. The largest absolute Gasteiger partial charge is 0.497 e. The minimum atomic E-state index is 0.450. The smallest absolute Gasteiger partial charge is 0.215 e. The molecule has 3 aromatic rings. The minimum Gasteiger partial charge on any atom is -0.497 e. The quantitative estimate of drug-likeness (QED) is 0.742. The fraction of sp³-hybridized carbons (Fsp3) is 0.294. The molecule has 5 nitrogen and oxygen atoms in total. The molecule has 0 amide bonds. The Balaban J connectivity index is 1.86. The van der Waals surface area contributed by atoms with Crippen molar-refractivity contribution < 1.29 is 9.47 Å². The predicted molar refractivity (Wildman–Crippen MR) is 85.3 cm³/mol. The van der Waals surface area contributed by atoms with E-state index in [1.165, 1.54) is 0 Å². The molecule has 0 radical (unpaired) electrons. The van der Waals surface area contributed by atoms with E-state index in [0.717, 1.165) is 33.6 Å². The van der Waals surface area contributed by atoms with Crippen molar-refractivity contribution in [3.8, 4) is 11.6 Å². The van der Waals surface area contributed by atoms with Gasteiger partial charge in [-0.3, -0.25) is 4.68 Å². The van der Waals surface area contributed by atoms with E-state index in [1.807, 2.05) is 44.3 Å². The number of hydrogen-bond acceptors (Lipinski definition) is 4. The van der Waals surface area contributed by atoms with Crippen molar-refractivity contribution in [2.24, 2.45) is 7.05 Å². The molecule has 114 valence electrons. The van der Waals surface area contributed by atoms with Crippen LogP contribution in [0.4, 0.5) is 0 Å². The summed E-state index contributed by atoms with van der Waals surface area (Å²) in [7, 11) is 3.55. The van der Waals surface area contributed by atoms with Gasteiger partial charge in [0.2, 0.25) is 5.88 Å². The van der Waals surface area contributed by atoms with Crippen LogP contribution in [0.2, 0.25) is 0 Å². The number of pyridine rings is 1. The van der Waals surface area contributed by atoms with Crippen molar-refractivity contribution >= 4 is 11.0 Å². The van der Waals surface area contributed by atoms with Gasteiger partial charge in [0, 0.05) is 18.5 Å². The zero-order valence-electron chi connectivity index (χ0n) is 13.3. The van der Waals surface area contributed by atoms with Gasteiger partial charge in [-0.1, -0.05) is 12.1 Å². The van der Waals surface area contributed by atoms with Crippen molar-refractivity contribution in [3.63, 3.8) is 0 Å². The lowest BCUT2D eigenvalue weighted by molar-refractivity contribution is 0.293. The topological polar surface area (TPSA) is 49.2 Å². The molecule has 0 saturated carbocycles. The van der Waals surface area contributed by atoms with Crippen molar-refractivity contribution in [1.82, 2.24) is 14.8 Å². The van der Waals surface area contributed by atoms with E-state index in [2.05, 4.69) is 17.0 Å².